The first-order valence-electron chi connectivity index (χ1n) is 3.25. The van der Waals surface area contributed by atoms with Crippen LogP contribution in [0.3, 0.4) is 0 Å². The van der Waals surface area contributed by atoms with Crippen molar-refractivity contribution in [3.05, 3.63) is 27.1 Å². The first-order valence-corrected chi connectivity index (χ1v) is 4.07. The van der Waals surface area contributed by atoms with Crippen molar-refractivity contribution >= 4 is 16.3 Å². The van der Waals surface area contributed by atoms with Crippen LogP contribution in [0, 0.1) is 10.1 Å². The zero-order valence-corrected chi connectivity index (χ0v) is 6.95. The highest BCUT2D eigenvalue weighted by Gasteiger charge is 2.13. The van der Waals surface area contributed by atoms with E-state index in [0.717, 1.165) is 11.3 Å². The number of rotatable bonds is 3. The van der Waals surface area contributed by atoms with Gasteiger partial charge in [0.2, 0.25) is 0 Å². The predicted molar refractivity (Wildman–Crippen MR) is 45.0 cm³/mol. The van der Waals surface area contributed by atoms with Gasteiger partial charge in [0.25, 0.3) is 0 Å². The quantitative estimate of drug-likeness (QED) is 0.538. The highest BCUT2D eigenvalue weighted by molar-refractivity contribution is 7.15. The molecule has 0 aliphatic heterocycles. The molecular weight excluding hydrogens is 180 g/mol. The van der Waals surface area contributed by atoms with Crippen LogP contribution in [0.4, 0.5) is 5.00 Å². The van der Waals surface area contributed by atoms with E-state index in [1.807, 2.05) is 0 Å². The molecule has 1 heterocycles. The summed E-state index contributed by atoms with van der Waals surface area (Å²) in [6, 6.07) is 2.43. The Morgan fingerprint density at radius 2 is 2.42 bits per heavy atom. The Labute approximate surface area is 72.6 Å². The van der Waals surface area contributed by atoms with Gasteiger partial charge in [-0.2, -0.15) is 0 Å². The summed E-state index contributed by atoms with van der Waals surface area (Å²) in [5.74, 6) is 0. The fourth-order valence-corrected chi connectivity index (χ4v) is 1.54. The minimum atomic E-state index is -0.510. The molecule has 66 valence electrons. The van der Waals surface area contributed by atoms with E-state index in [9.17, 15) is 10.1 Å². The lowest BCUT2D eigenvalue weighted by Gasteiger charge is -2.01. The average molecular weight is 188 g/mol. The summed E-state index contributed by atoms with van der Waals surface area (Å²) in [4.78, 5) is 10.4. The molecule has 0 bridgehead atoms. The molecular formula is C6H8N2O3S. The molecule has 0 radical (unpaired) electrons. The minimum absolute atomic E-state index is 0.0499. The molecule has 0 aromatic carbocycles. The third kappa shape index (κ3) is 1.79. The van der Waals surface area contributed by atoms with Crippen molar-refractivity contribution in [3.63, 3.8) is 0 Å². The zero-order valence-electron chi connectivity index (χ0n) is 6.14. The van der Waals surface area contributed by atoms with Crippen molar-refractivity contribution in [1.29, 1.82) is 0 Å². The fourth-order valence-electron chi connectivity index (χ4n) is 0.730. The molecule has 0 fully saturated rings. The molecule has 1 rings (SSSR count). The van der Waals surface area contributed by atoms with Crippen LogP contribution in [0.25, 0.3) is 0 Å². The zero-order chi connectivity index (χ0) is 9.14. The average Bonchev–Trinajstić information content (AvgIpc) is 2.51. The van der Waals surface area contributed by atoms with Gasteiger partial charge in [-0.1, -0.05) is 11.3 Å². The van der Waals surface area contributed by atoms with Gasteiger partial charge >= 0.3 is 5.00 Å². The van der Waals surface area contributed by atoms with E-state index in [1.54, 1.807) is 6.07 Å². The van der Waals surface area contributed by atoms with E-state index in [1.165, 1.54) is 6.07 Å². The summed E-state index contributed by atoms with van der Waals surface area (Å²) >= 11 is 0.990. The van der Waals surface area contributed by atoms with Crippen LogP contribution in [-0.2, 0) is 0 Å². The molecule has 0 aliphatic carbocycles. The van der Waals surface area contributed by atoms with Gasteiger partial charge in [-0.3, -0.25) is 10.1 Å². The predicted octanol–water partition coefficient (Wildman–Crippen LogP) is 0.648. The van der Waals surface area contributed by atoms with Crippen LogP contribution in [-0.4, -0.2) is 16.6 Å². The molecule has 0 saturated carbocycles. The van der Waals surface area contributed by atoms with Gasteiger partial charge < -0.3 is 10.8 Å². The molecule has 3 N–H and O–H groups in total. The monoisotopic (exact) mass is 188 g/mol. The highest BCUT2D eigenvalue weighted by Crippen LogP contribution is 2.27. The van der Waals surface area contributed by atoms with E-state index >= 15 is 0 Å². The van der Waals surface area contributed by atoms with Crippen LogP contribution >= 0.6 is 11.3 Å². The molecule has 1 atom stereocenters. The highest BCUT2D eigenvalue weighted by atomic mass is 32.1. The van der Waals surface area contributed by atoms with Crippen LogP contribution in [0.5, 0.6) is 0 Å². The van der Waals surface area contributed by atoms with E-state index < -0.39 is 11.0 Å². The van der Waals surface area contributed by atoms with E-state index in [4.69, 9.17) is 10.8 Å². The second kappa shape index (κ2) is 3.61. The Morgan fingerprint density at radius 1 is 1.75 bits per heavy atom. The van der Waals surface area contributed by atoms with Gasteiger partial charge in [0.1, 0.15) is 0 Å². The van der Waals surface area contributed by atoms with E-state index in [0.29, 0.717) is 4.88 Å². The smallest absolute Gasteiger partial charge is 0.324 e. The lowest BCUT2D eigenvalue weighted by atomic mass is 10.3. The van der Waals surface area contributed by atoms with E-state index in [2.05, 4.69) is 0 Å². The molecule has 6 heteroatoms. The second-order valence-electron chi connectivity index (χ2n) is 2.22. The van der Waals surface area contributed by atoms with Crippen LogP contribution < -0.4 is 5.73 Å². The van der Waals surface area contributed by atoms with Crippen molar-refractivity contribution in [3.8, 4) is 0 Å². The summed E-state index contributed by atoms with van der Waals surface area (Å²) < 4.78 is 0. The molecule has 0 aliphatic rings. The van der Waals surface area contributed by atoms with E-state index in [-0.39, 0.29) is 11.6 Å². The van der Waals surface area contributed by atoms with Crippen LogP contribution in [0.15, 0.2) is 12.1 Å². The maximum absolute atomic E-state index is 10.2. The number of nitro groups is 1. The van der Waals surface area contributed by atoms with Crippen molar-refractivity contribution in [2.45, 2.75) is 6.04 Å². The molecule has 0 saturated heterocycles. The topological polar surface area (TPSA) is 89.4 Å². The summed E-state index contributed by atoms with van der Waals surface area (Å²) in [5, 5.41) is 18.9. The third-order valence-electron chi connectivity index (χ3n) is 1.35. The lowest BCUT2D eigenvalue weighted by molar-refractivity contribution is -0.380. The molecule has 1 aromatic rings. The molecule has 1 unspecified atom stereocenters. The maximum atomic E-state index is 10.2. The van der Waals surface area contributed by atoms with Crippen molar-refractivity contribution in [1.82, 2.24) is 0 Å². The van der Waals surface area contributed by atoms with Gasteiger partial charge in [0.15, 0.2) is 0 Å². The lowest BCUT2D eigenvalue weighted by Crippen LogP contribution is -2.12. The minimum Gasteiger partial charge on any atom is -0.394 e. The summed E-state index contributed by atoms with van der Waals surface area (Å²) in [5.41, 5.74) is 5.45. The van der Waals surface area contributed by atoms with Gasteiger partial charge in [0.05, 0.1) is 17.6 Å². The van der Waals surface area contributed by atoms with Gasteiger partial charge in [-0.25, -0.2) is 0 Å². The molecule has 1 aromatic heterocycles. The van der Waals surface area contributed by atoms with Crippen LogP contribution in [0.2, 0.25) is 0 Å². The Balaban J connectivity index is 2.84. The van der Waals surface area contributed by atoms with Gasteiger partial charge in [-0.05, 0) is 6.07 Å². The number of aliphatic hydroxyl groups is 1. The molecule has 0 amide bonds. The SMILES string of the molecule is NC(CO)c1ccc([N+](=O)[O-])s1. The largest absolute Gasteiger partial charge is 0.394 e. The molecule has 12 heavy (non-hydrogen) atoms. The van der Waals surface area contributed by atoms with Gasteiger partial charge in [-0.15, -0.1) is 0 Å². The maximum Gasteiger partial charge on any atom is 0.324 e. The first kappa shape index (κ1) is 9.11. The molecule has 5 nitrogen and oxygen atoms in total. The summed E-state index contributed by atoms with van der Waals surface area (Å²) in [6.07, 6.45) is 0. The third-order valence-corrected chi connectivity index (χ3v) is 2.52. The Kier molecular flexibility index (Phi) is 2.74. The molecule has 0 spiro atoms. The van der Waals surface area contributed by atoms with Crippen molar-refractivity contribution in [2.75, 3.05) is 6.61 Å². The number of thiophene rings is 1. The standard InChI is InChI=1S/C6H8N2O3S/c7-4(3-9)5-1-2-6(12-5)8(10)11/h1-2,4,9H,3,7H2. The Hall–Kier alpha value is -0.980. The summed E-state index contributed by atoms with van der Waals surface area (Å²) in [6.45, 7) is -0.197. The number of nitrogens with two attached hydrogens (primary N) is 1. The normalized spacial score (nSPS) is 12.8. The number of nitrogens with zero attached hydrogens (tertiary/aromatic N) is 1. The van der Waals surface area contributed by atoms with Crippen molar-refractivity contribution < 1.29 is 10.0 Å². The van der Waals surface area contributed by atoms with Gasteiger partial charge in [0, 0.05) is 10.9 Å². The summed E-state index contributed by atoms with van der Waals surface area (Å²) in [7, 11) is 0. The number of hydrogen-bond donors (Lipinski definition) is 2. The fraction of sp³-hybridized carbons (Fsp3) is 0.333. The number of hydrogen-bond acceptors (Lipinski definition) is 5. The van der Waals surface area contributed by atoms with Crippen molar-refractivity contribution in [2.24, 2.45) is 5.73 Å². The Morgan fingerprint density at radius 3 is 2.83 bits per heavy atom. The Bertz CT molecular complexity index is 286. The van der Waals surface area contributed by atoms with Crippen LogP contribution in [0.1, 0.15) is 10.9 Å². The number of aliphatic hydroxyl groups excluding tert-OH is 1. The second-order valence-corrected chi connectivity index (χ2v) is 3.32. The first-order chi connectivity index (χ1) is 5.65.